The van der Waals surface area contributed by atoms with Crippen molar-refractivity contribution in [2.45, 2.75) is 124 Å². The maximum Gasteiger partial charge on any atom is 0.343 e. The zero-order valence-electron chi connectivity index (χ0n) is 35.4. The fourth-order valence-electron chi connectivity index (χ4n) is 14.5. The van der Waals surface area contributed by atoms with Crippen LogP contribution in [0.1, 0.15) is 82.4 Å². The number of methoxy groups -OCH3 is 2. The van der Waals surface area contributed by atoms with Crippen molar-refractivity contribution in [2.75, 3.05) is 64.2 Å². The van der Waals surface area contributed by atoms with Crippen LogP contribution >= 0.6 is 0 Å². The van der Waals surface area contributed by atoms with Gasteiger partial charge in [0.25, 0.3) is 0 Å². The van der Waals surface area contributed by atoms with Gasteiger partial charge in [-0.25, -0.2) is 4.79 Å². The number of aliphatic hydroxyl groups excluding tert-OH is 1. The number of epoxide rings is 1. The molecule has 0 amide bonds. The summed E-state index contributed by atoms with van der Waals surface area (Å²) in [6.45, 7) is 10.1. The van der Waals surface area contributed by atoms with E-state index in [1.54, 1.807) is 21.0 Å². The fourth-order valence-corrected chi connectivity index (χ4v) is 14.5. The van der Waals surface area contributed by atoms with Crippen molar-refractivity contribution >= 4 is 23.3 Å². The predicted octanol–water partition coefficient (Wildman–Crippen LogP) is 4.12. The number of nitrogens with zero attached hydrogens (tertiary/aromatic N) is 3. The number of hydrogen-bond acceptors (Lipinski definition) is 12. The highest BCUT2D eigenvalue weighted by Gasteiger charge is 2.79. The maximum absolute atomic E-state index is 15.4. The molecule has 5 fully saturated rings. The van der Waals surface area contributed by atoms with Crippen molar-refractivity contribution < 1.29 is 43.4 Å². The molecule has 3 N–H and O–H groups in total. The SMILES string of the molecule is CCC12C[N+]3([O-])CCC4c5ccccc5NC4[C@@](C(=O)OC)(c4cc5c(cc4OC)N(C)[C@@H]4[C@](O)(C(=O)OC(C)C)[C@@H](O)[C@@]6(CC)C=CCN7CC[C@@]54[C@H]76)CC(C3)C1O2. The molecule has 13 atom stereocenters. The predicted molar refractivity (Wildman–Crippen MR) is 220 cm³/mol. The van der Waals surface area contributed by atoms with E-state index in [9.17, 15) is 20.2 Å². The fraction of sp³-hybridized carbons (Fsp3) is 0.652. The first-order valence-electron chi connectivity index (χ1n) is 21.8. The number of anilines is 2. The Morgan fingerprint density at radius 2 is 1.88 bits per heavy atom. The Kier molecular flexibility index (Phi) is 8.62. The van der Waals surface area contributed by atoms with Crippen molar-refractivity contribution in [3.8, 4) is 5.75 Å². The Labute approximate surface area is 346 Å². The van der Waals surface area contributed by atoms with Gasteiger partial charge in [-0.1, -0.05) is 44.2 Å². The van der Waals surface area contributed by atoms with E-state index in [0.29, 0.717) is 76.1 Å². The Bertz CT molecular complexity index is 2130. The second kappa shape index (κ2) is 12.9. The summed E-state index contributed by atoms with van der Waals surface area (Å²) < 4.78 is 24.4. The summed E-state index contributed by atoms with van der Waals surface area (Å²) in [6, 6.07) is 10.5. The molecule has 0 aromatic heterocycles. The van der Waals surface area contributed by atoms with Gasteiger partial charge in [0.15, 0.2) is 0 Å². The van der Waals surface area contributed by atoms with Crippen LogP contribution < -0.4 is 15.0 Å². The summed E-state index contributed by atoms with van der Waals surface area (Å²) in [5.74, 6) is -1.25. The molecule has 2 aromatic rings. The number of carbonyl (C=O) groups is 2. The number of hydroxylamine groups is 3. The molecular weight excluding hydrogens is 753 g/mol. The summed E-state index contributed by atoms with van der Waals surface area (Å²) >= 11 is 0. The van der Waals surface area contributed by atoms with Gasteiger partial charge < -0.3 is 49.2 Å². The Balaban J connectivity index is 1.24. The van der Waals surface area contributed by atoms with Gasteiger partial charge in [-0.15, -0.1) is 0 Å². The molecule has 10 rings (SSSR count). The van der Waals surface area contributed by atoms with Crippen LogP contribution in [0.3, 0.4) is 0 Å². The van der Waals surface area contributed by atoms with Crippen LogP contribution in [0, 0.1) is 16.5 Å². The van der Waals surface area contributed by atoms with Gasteiger partial charge in [-0.3, -0.25) is 9.69 Å². The number of nitrogens with one attached hydrogen (secondary N) is 1. The number of esters is 2. The third kappa shape index (κ3) is 4.83. The number of carbonyl (C=O) groups excluding carboxylic acids is 2. The second-order valence-corrected chi connectivity index (χ2v) is 19.4. The molecule has 318 valence electrons. The molecule has 13 nitrogen and oxygen atoms in total. The Morgan fingerprint density at radius 3 is 2.59 bits per heavy atom. The zero-order chi connectivity index (χ0) is 41.7. The molecule has 6 unspecified atom stereocenters. The molecule has 2 bridgehead atoms. The van der Waals surface area contributed by atoms with Crippen LogP contribution in [0.4, 0.5) is 11.4 Å². The molecule has 1 spiro atoms. The molecule has 8 aliphatic rings. The van der Waals surface area contributed by atoms with Gasteiger partial charge in [0.1, 0.15) is 35.5 Å². The lowest BCUT2D eigenvalue weighted by atomic mass is 9.47. The smallest absolute Gasteiger partial charge is 0.343 e. The molecule has 59 heavy (non-hydrogen) atoms. The van der Waals surface area contributed by atoms with Crippen LogP contribution in [0.5, 0.6) is 5.75 Å². The number of benzene rings is 2. The Morgan fingerprint density at radius 1 is 1.10 bits per heavy atom. The van der Waals surface area contributed by atoms with Crippen LogP contribution in [0.15, 0.2) is 48.6 Å². The minimum Gasteiger partial charge on any atom is -0.633 e. The molecule has 0 radical (unpaired) electrons. The number of aliphatic hydroxyl groups is 2. The molecule has 1 saturated carbocycles. The van der Waals surface area contributed by atoms with E-state index < -0.39 is 63.7 Å². The highest BCUT2D eigenvalue weighted by molar-refractivity contribution is 5.90. The van der Waals surface area contributed by atoms with Crippen LogP contribution in [-0.2, 0) is 34.6 Å². The van der Waals surface area contributed by atoms with Crippen molar-refractivity contribution in [2.24, 2.45) is 11.3 Å². The summed E-state index contributed by atoms with van der Waals surface area (Å²) in [6.07, 6.45) is 4.53. The molecular formula is C46H60N4O9. The zero-order valence-corrected chi connectivity index (χ0v) is 35.4. The van der Waals surface area contributed by atoms with Crippen molar-refractivity contribution in [1.29, 1.82) is 0 Å². The molecule has 7 aliphatic heterocycles. The minimum absolute atomic E-state index is 0.170. The van der Waals surface area contributed by atoms with Gasteiger partial charge in [-0.05, 0) is 69.3 Å². The lowest BCUT2D eigenvalue weighted by Crippen LogP contribution is -2.81. The minimum atomic E-state index is -2.32. The first-order chi connectivity index (χ1) is 28.1. The van der Waals surface area contributed by atoms with Crippen LogP contribution in [-0.4, -0.2) is 133 Å². The van der Waals surface area contributed by atoms with Crippen molar-refractivity contribution in [3.63, 3.8) is 0 Å². The number of para-hydroxylation sites is 1. The van der Waals surface area contributed by atoms with Gasteiger partial charge in [0, 0.05) is 71.7 Å². The highest BCUT2D eigenvalue weighted by Crippen LogP contribution is 2.68. The number of piperidine rings is 1. The van der Waals surface area contributed by atoms with Gasteiger partial charge in [-0.2, -0.15) is 0 Å². The standard InChI is InChI=1S/C46H60N4O9/c1-8-42-16-12-18-49-19-17-44(37(42)49)30-21-31(34(56-6)22-33(30)48(5)38(44)46(54,39(42)51)41(53)58-26(3)4)45(40(52)57-7)23-27-24-50(55,25-43(9-2)36(27)59-43)20-15-29-28-13-10-11-14-32(28)47-35(29)45/h10-14,16,21-22,26-27,29,35-39,47,51,54H,8-9,15,17-20,23-25H2,1-7H3/t27?,29?,35?,36?,37-,38+,39+,42+,43?,44+,45+,46-,50?/m1/s1. The lowest BCUT2D eigenvalue weighted by molar-refractivity contribution is -0.890. The molecule has 2 aromatic carbocycles. The average molecular weight is 813 g/mol. The van der Waals surface area contributed by atoms with E-state index in [0.717, 1.165) is 22.5 Å². The lowest BCUT2D eigenvalue weighted by Gasteiger charge is -2.63. The summed E-state index contributed by atoms with van der Waals surface area (Å²) in [5.41, 5.74) is -1.81. The number of quaternary nitrogens is 1. The van der Waals surface area contributed by atoms with Crippen molar-refractivity contribution in [3.05, 3.63) is 70.4 Å². The molecule has 4 saturated heterocycles. The number of rotatable bonds is 7. The van der Waals surface area contributed by atoms with E-state index in [-0.39, 0.29) is 28.6 Å². The van der Waals surface area contributed by atoms with Gasteiger partial charge in [0.05, 0.1) is 45.5 Å². The first kappa shape index (κ1) is 39.4. The normalized spacial score (nSPS) is 43.4. The topological polar surface area (TPSA) is 156 Å². The quantitative estimate of drug-likeness (QED) is 0.121. The first-order valence-corrected chi connectivity index (χ1v) is 21.8. The van der Waals surface area contributed by atoms with Crippen LogP contribution in [0.25, 0.3) is 0 Å². The van der Waals surface area contributed by atoms with Gasteiger partial charge >= 0.3 is 11.9 Å². The number of hydrogen-bond donors (Lipinski definition) is 3. The van der Waals surface area contributed by atoms with E-state index >= 15 is 4.79 Å². The maximum atomic E-state index is 15.4. The van der Waals surface area contributed by atoms with E-state index in [1.807, 2.05) is 49.2 Å². The number of likely N-dealkylation sites (N-methyl/N-ethyl adjacent to an activating group) is 1. The van der Waals surface area contributed by atoms with E-state index in [1.165, 1.54) is 7.11 Å². The highest BCUT2D eigenvalue weighted by atomic mass is 16.6. The third-order valence-corrected chi connectivity index (χ3v) is 16.7. The number of ether oxygens (including phenoxy) is 4. The van der Waals surface area contributed by atoms with E-state index in [4.69, 9.17) is 18.9 Å². The summed E-state index contributed by atoms with van der Waals surface area (Å²) in [7, 11) is 4.93. The Hall–Kier alpha value is -3.72. The third-order valence-electron chi connectivity index (χ3n) is 16.7. The van der Waals surface area contributed by atoms with E-state index in [2.05, 4.69) is 35.3 Å². The molecule has 13 heteroatoms. The van der Waals surface area contributed by atoms with Gasteiger partial charge in [0.2, 0.25) is 5.60 Å². The van der Waals surface area contributed by atoms with Crippen molar-refractivity contribution in [1.82, 2.24) is 4.90 Å². The average Bonchev–Trinajstić information content (AvgIpc) is 3.49. The summed E-state index contributed by atoms with van der Waals surface area (Å²) in [4.78, 5) is 34.3. The van der Waals surface area contributed by atoms with Crippen LogP contribution in [0.2, 0.25) is 0 Å². The summed E-state index contributed by atoms with van der Waals surface area (Å²) in [5, 5.41) is 44.6. The number of fused-ring (bicyclic) bond motifs is 8. The monoisotopic (exact) mass is 812 g/mol. The largest absolute Gasteiger partial charge is 0.633 e. The second-order valence-electron chi connectivity index (χ2n) is 19.4. The molecule has 1 aliphatic carbocycles. The molecule has 7 heterocycles.